The first-order chi connectivity index (χ1) is 15.0. The number of anilines is 1. The second kappa shape index (κ2) is 6.47. The minimum absolute atomic E-state index is 0.175. The zero-order chi connectivity index (χ0) is 21.8. The molecule has 1 amide bonds. The highest BCUT2D eigenvalue weighted by molar-refractivity contribution is 6.14. The largest absolute Gasteiger partial charge is 0.423 e. The van der Waals surface area contributed by atoms with Gasteiger partial charge in [-0.1, -0.05) is 48.5 Å². The molecule has 0 radical (unpaired) electrons. The SMILES string of the molecule is N#CC1=C(N)Oc2[nH]c(=O)[nH]c(=O)c2C12C(=O)N(Cc1ccccc1)c1ccccc12. The van der Waals surface area contributed by atoms with E-state index in [9.17, 15) is 19.6 Å². The summed E-state index contributed by atoms with van der Waals surface area (Å²) in [4.78, 5) is 44.9. The molecule has 1 aromatic heterocycles. The summed E-state index contributed by atoms with van der Waals surface area (Å²) in [5.41, 5.74) is 3.96. The normalized spacial score (nSPS) is 19.1. The number of fused-ring (bicyclic) bond motifs is 4. The maximum Gasteiger partial charge on any atom is 0.328 e. The van der Waals surface area contributed by atoms with E-state index in [4.69, 9.17) is 10.5 Å². The molecule has 2 aliphatic rings. The van der Waals surface area contributed by atoms with E-state index >= 15 is 0 Å². The molecule has 1 atom stereocenters. The Morgan fingerprint density at radius 3 is 2.48 bits per heavy atom. The van der Waals surface area contributed by atoms with Crippen LogP contribution in [-0.4, -0.2) is 15.9 Å². The molecule has 0 saturated heterocycles. The molecule has 1 unspecified atom stereocenters. The standard InChI is InChI=1S/C22H15N5O4/c23-10-14-17(24)31-19-16(18(28)25-21(30)26-19)22(14)13-8-4-5-9-15(13)27(20(22)29)11-12-6-2-1-3-7-12/h1-9H,11,24H2,(H2,25,26,28,30). The van der Waals surface area contributed by atoms with Crippen molar-refractivity contribution < 1.29 is 9.53 Å². The first-order valence-electron chi connectivity index (χ1n) is 9.39. The summed E-state index contributed by atoms with van der Waals surface area (Å²) >= 11 is 0. The molecule has 0 fully saturated rings. The van der Waals surface area contributed by atoms with Crippen molar-refractivity contribution in [1.29, 1.82) is 5.26 Å². The van der Waals surface area contributed by atoms with Crippen molar-refractivity contribution >= 4 is 11.6 Å². The van der Waals surface area contributed by atoms with Crippen LogP contribution in [0.3, 0.4) is 0 Å². The van der Waals surface area contributed by atoms with Crippen LogP contribution in [0.15, 0.2) is 75.6 Å². The van der Waals surface area contributed by atoms with Gasteiger partial charge in [-0.05, 0) is 11.6 Å². The maximum atomic E-state index is 14.0. The molecule has 0 aliphatic carbocycles. The number of ether oxygens (including phenoxy) is 1. The average Bonchev–Trinajstić information content (AvgIpc) is 2.98. The Bertz CT molecular complexity index is 1430. The molecule has 4 N–H and O–H groups in total. The van der Waals surface area contributed by atoms with Crippen LogP contribution >= 0.6 is 0 Å². The van der Waals surface area contributed by atoms with Gasteiger partial charge in [-0.15, -0.1) is 0 Å². The number of carbonyl (C=O) groups excluding carboxylic acids is 1. The molecule has 152 valence electrons. The maximum absolute atomic E-state index is 14.0. The number of aromatic nitrogens is 2. The van der Waals surface area contributed by atoms with E-state index in [-0.39, 0.29) is 29.4 Å². The molecule has 9 nitrogen and oxygen atoms in total. The van der Waals surface area contributed by atoms with Crippen molar-refractivity contribution in [3.8, 4) is 11.9 Å². The number of para-hydroxylation sites is 1. The molecular weight excluding hydrogens is 398 g/mol. The number of benzene rings is 2. The number of rotatable bonds is 2. The zero-order valence-corrected chi connectivity index (χ0v) is 16.0. The molecule has 2 aromatic carbocycles. The fraction of sp³-hybridized carbons (Fsp3) is 0.0909. The average molecular weight is 413 g/mol. The van der Waals surface area contributed by atoms with Crippen LogP contribution in [0.4, 0.5) is 5.69 Å². The highest BCUT2D eigenvalue weighted by Crippen LogP contribution is 2.53. The second-order valence-corrected chi connectivity index (χ2v) is 7.21. The summed E-state index contributed by atoms with van der Waals surface area (Å²) in [5.74, 6) is -1.13. The smallest absolute Gasteiger partial charge is 0.328 e. The van der Waals surface area contributed by atoms with E-state index in [1.165, 1.54) is 4.90 Å². The van der Waals surface area contributed by atoms with E-state index in [1.807, 2.05) is 36.4 Å². The third-order valence-corrected chi connectivity index (χ3v) is 5.58. The lowest BCUT2D eigenvalue weighted by Gasteiger charge is -2.32. The Balaban J connectivity index is 1.85. The van der Waals surface area contributed by atoms with Crippen LogP contribution in [0.25, 0.3) is 0 Å². The van der Waals surface area contributed by atoms with Crippen LogP contribution in [0.5, 0.6) is 5.88 Å². The summed E-state index contributed by atoms with van der Waals surface area (Å²) in [6.45, 7) is 0.217. The summed E-state index contributed by atoms with van der Waals surface area (Å²) in [6, 6.07) is 18.2. The van der Waals surface area contributed by atoms with Crippen LogP contribution in [0, 0.1) is 11.3 Å². The predicted molar refractivity (Wildman–Crippen MR) is 110 cm³/mol. The number of nitrogens with zero attached hydrogens (tertiary/aromatic N) is 2. The van der Waals surface area contributed by atoms with Gasteiger partial charge in [0.05, 0.1) is 6.54 Å². The Morgan fingerprint density at radius 2 is 1.74 bits per heavy atom. The first kappa shape index (κ1) is 18.4. The summed E-state index contributed by atoms with van der Waals surface area (Å²) in [6.07, 6.45) is 0. The van der Waals surface area contributed by atoms with E-state index in [2.05, 4.69) is 9.97 Å². The molecular formula is C22H15N5O4. The fourth-order valence-electron chi connectivity index (χ4n) is 4.35. The molecule has 3 heterocycles. The third kappa shape index (κ3) is 2.39. The van der Waals surface area contributed by atoms with Crippen molar-refractivity contribution in [2.45, 2.75) is 12.0 Å². The Kier molecular flexibility index (Phi) is 3.85. The van der Waals surface area contributed by atoms with Gasteiger partial charge in [0.15, 0.2) is 5.41 Å². The van der Waals surface area contributed by atoms with Gasteiger partial charge in [-0.3, -0.25) is 19.6 Å². The Hall–Kier alpha value is -4.58. The number of carbonyl (C=O) groups is 1. The summed E-state index contributed by atoms with van der Waals surface area (Å²) in [7, 11) is 0. The van der Waals surface area contributed by atoms with Gasteiger partial charge in [-0.2, -0.15) is 5.26 Å². The molecule has 31 heavy (non-hydrogen) atoms. The number of aromatic amines is 2. The number of nitrogens with one attached hydrogen (secondary N) is 2. The van der Waals surface area contributed by atoms with E-state index < -0.39 is 22.6 Å². The van der Waals surface area contributed by atoms with E-state index in [0.29, 0.717) is 11.3 Å². The van der Waals surface area contributed by atoms with Gasteiger partial charge in [-0.25, -0.2) is 4.79 Å². The Labute approximate surface area is 175 Å². The highest BCUT2D eigenvalue weighted by atomic mass is 16.5. The lowest BCUT2D eigenvalue weighted by atomic mass is 9.69. The molecule has 0 bridgehead atoms. The van der Waals surface area contributed by atoms with Crippen molar-refractivity contribution in [3.05, 3.63) is 104 Å². The van der Waals surface area contributed by atoms with Crippen LogP contribution in [0.1, 0.15) is 16.7 Å². The lowest BCUT2D eigenvalue weighted by Crippen LogP contribution is -2.50. The Morgan fingerprint density at radius 1 is 1.03 bits per heavy atom. The van der Waals surface area contributed by atoms with Gasteiger partial charge >= 0.3 is 5.69 Å². The van der Waals surface area contributed by atoms with Crippen LogP contribution < -0.4 is 26.6 Å². The summed E-state index contributed by atoms with van der Waals surface area (Å²) < 4.78 is 5.39. The van der Waals surface area contributed by atoms with Crippen molar-refractivity contribution in [2.24, 2.45) is 5.73 Å². The van der Waals surface area contributed by atoms with Gasteiger partial charge in [0.25, 0.3) is 5.56 Å². The van der Waals surface area contributed by atoms with Crippen molar-refractivity contribution in [1.82, 2.24) is 9.97 Å². The van der Waals surface area contributed by atoms with Crippen molar-refractivity contribution in [3.63, 3.8) is 0 Å². The third-order valence-electron chi connectivity index (χ3n) is 5.58. The number of nitriles is 1. The van der Waals surface area contributed by atoms with Crippen LogP contribution in [0.2, 0.25) is 0 Å². The minimum Gasteiger partial charge on any atom is -0.423 e. The minimum atomic E-state index is -1.84. The number of hydrogen-bond acceptors (Lipinski definition) is 6. The van der Waals surface area contributed by atoms with Gasteiger partial charge in [0.1, 0.15) is 17.2 Å². The van der Waals surface area contributed by atoms with Crippen LogP contribution in [-0.2, 0) is 16.8 Å². The highest BCUT2D eigenvalue weighted by Gasteiger charge is 2.60. The van der Waals surface area contributed by atoms with Gasteiger partial charge in [0.2, 0.25) is 17.7 Å². The number of hydrogen-bond donors (Lipinski definition) is 3. The topological polar surface area (TPSA) is 145 Å². The summed E-state index contributed by atoms with van der Waals surface area (Å²) in [5, 5.41) is 9.95. The fourth-order valence-corrected chi connectivity index (χ4v) is 4.35. The van der Waals surface area contributed by atoms with Crippen molar-refractivity contribution in [2.75, 3.05) is 4.90 Å². The molecule has 1 spiro atoms. The number of nitrogens with two attached hydrogens (primary N) is 1. The molecule has 3 aromatic rings. The lowest BCUT2D eigenvalue weighted by molar-refractivity contribution is -0.121. The predicted octanol–water partition coefficient (Wildman–Crippen LogP) is 0.982. The second-order valence-electron chi connectivity index (χ2n) is 7.21. The van der Waals surface area contributed by atoms with Gasteiger partial charge in [0, 0.05) is 11.3 Å². The molecule has 0 saturated carbocycles. The zero-order valence-electron chi connectivity index (χ0n) is 16.0. The van der Waals surface area contributed by atoms with E-state index in [0.717, 1.165) is 5.56 Å². The number of H-pyrrole nitrogens is 2. The molecule has 5 rings (SSSR count). The first-order valence-corrected chi connectivity index (χ1v) is 9.39. The quantitative estimate of drug-likeness (QED) is 0.571. The number of amides is 1. The molecule has 2 aliphatic heterocycles. The van der Waals surface area contributed by atoms with Gasteiger partial charge < -0.3 is 15.4 Å². The molecule has 9 heteroatoms. The monoisotopic (exact) mass is 413 g/mol. The van der Waals surface area contributed by atoms with E-state index in [1.54, 1.807) is 24.3 Å².